The molecule has 0 spiro atoms. The lowest BCUT2D eigenvalue weighted by atomic mass is 10.1. The van der Waals surface area contributed by atoms with Gasteiger partial charge in [0, 0.05) is 18.8 Å². The molecule has 1 aromatic carbocycles. The van der Waals surface area contributed by atoms with Crippen molar-refractivity contribution >= 4 is 5.82 Å². The minimum absolute atomic E-state index is 0.505. The van der Waals surface area contributed by atoms with Crippen molar-refractivity contribution in [3.63, 3.8) is 0 Å². The van der Waals surface area contributed by atoms with Gasteiger partial charge >= 0.3 is 0 Å². The van der Waals surface area contributed by atoms with Gasteiger partial charge in [-0.25, -0.2) is 4.98 Å². The van der Waals surface area contributed by atoms with Crippen LogP contribution in [-0.4, -0.2) is 22.2 Å². The molecule has 0 bridgehead atoms. The van der Waals surface area contributed by atoms with Crippen molar-refractivity contribution in [2.75, 3.05) is 12.4 Å². The summed E-state index contributed by atoms with van der Waals surface area (Å²) in [7, 11) is 1.81. The molecule has 0 aliphatic heterocycles. The van der Waals surface area contributed by atoms with E-state index in [1.54, 1.807) is 6.20 Å². The van der Waals surface area contributed by atoms with Crippen molar-refractivity contribution < 1.29 is 4.52 Å². The first-order valence-corrected chi connectivity index (χ1v) is 6.32. The lowest BCUT2D eigenvalue weighted by Crippen LogP contribution is -1.95. The fraction of sp³-hybridized carbons (Fsp3) is 0.133. The summed E-state index contributed by atoms with van der Waals surface area (Å²) in [4.78, 5) is 8.67. The van der Waals surface area contributed by atoms with E-state index in [-0.39, 0.29) is 0 Å². The minimum atomic E-state index is 0.505. The normalized spacial score (nSPS) is 10.5. The SMILES string of the molecule is CNc1ncccc1-c1noc(-c2ccc(C)cc2)n1. The van der Waals surface area contributed by atoms with Crippen molar-refractivity contribution in [3.05, 3.63) is 48.2 Å². The third kappa shape index (κ3) is 2.25. The summed E-state index contributed by atoms with van der Waals surface area (Å²) in [5.41, 5.74) is 2.92. The summed E-state index contributed by atoms with van der Waals surface area (Å²) in [6.07, 6.45) is 1.72. The molecule has 5 nitrogen and oxygen atoms in total. The highest BCUT2D eigenvalue weighted by Crippen LogP contribution is 2.26. The van der Waals surface area contributed by atoms with E-state index in [4.69, 9.17) is 4.52 Å². The van der Waals surface area contributed by atoms with E-state index in [1.807, 2.05) is 50.4 Å². The van der Waals surface area contributed by atoms with Crippen molar-refractivity contribution in [2.45, 2.75) is 6.92 Å². The molecule has 0 atom stereocenters. The van der Waals surface area contributed by atoms with E-state index in [0.717, 1.165) is 16.9 Å². The highest BCUT2D eigenvalue weighted by atomic mass is 16.5. The lowest BCUT2D eigenvalue weighted by Gasteiger charge is -2.02. The average Bonchev–Trinajstić information content (AvgIpc) is 2.97. The Hall–Kier alpha value is -2.69. The zero-order valence-corrected chi connectivity index (χ0v) is 11.3. The summed E-state index contributed by atoms with van der Waals surface area (Å²) in [5.74, 6) is 1.76. The largest absolute Gasteiger partial charge is 0.373 e. The Morgan fingerprint density at radius 2 is 1.90 bits per heavy atom. The zero-order chi connectivity index (χ0) is 13.9. The molecule has 3 aromatic rings. The second-order valence-corrected chi connectivity index (χ2v) is 4.44. The molecule has 0 fully saturated rings. The quantitative estimate of drug-likeness (QED) is 0.789. The monoisotopic (exact) mass is 266 g/mol. The van der Waals surface area contributed by atoms with Crippen LogP contribution in [-0.2, 0) is 0 Å². The van der Waals surface area contributed by atoms with Gasteiger partial charge in [-0.2, -0.15) is 4.98 Å². The number of benzene rings is 1. The van der Waals surface area contributed by atoms with Gasteiger partial charge in [0.05, 0.1) is 5.56 Å². The van der Waals surface area contributed by atoms with Crippen LogP contribution in [0.3, 0.4) is 0 Å². The van der Waals surface area contributed by atoms with Gasteiger partial charge < -0.3 is 9.84 Å². The van der Waals surface area contributed by atoms with Crippen molar-refractivity contribution in [1.29, 1.82) is 0 Å². The van der Waals surface area contributed by atoms with E-state index in [9.17, 15) is 0 Å². The van der Waals surface area contributed by atoms with Gasteiger partial charge in [0.25, 0.3) is 5.89 Å². The molecular weight excluding hydrogens is 252 g/mol. The number of hydrogen-bond acceptors (Lipinski definition) is 5. The Labute approximate surface area is 116 Å². The van der Waals surface area contributed by atoms with E-state index >= 15 is 0 Å². The van der Waals surface area contributed by atoms with Gasteiger partial charge in [-0.05, 0) is 31.2 Å². The van der Waals surface area contributed by atoms with Crippen molar-refractivity contribution in [3.8, 4) is 22.8 Å². The molecule has 2 heterocycles. The molecule has 0 saturated heterocycles. The van der Waals surface area contributed by atoms with Crippen LogP contribution in [0.15, 0.2) is 47.1 Å². The standard InChI is InChI=1S/C15H14N4O/c1-10-5-7-11(8-6-10)15-18-14(19-20-15)12-4-3-9-17-13(12)16-2/h3-9H,1-2H3,(H,16,17). The van der Waals surface area contributed by atoms with Gasteiger partial charge in [0.2, 0.25) is 5.82 Å². The third-order valence-corrected chi connectivity index (χ3v) is 3.01. The summed E-state index contributed by atoms with van der Waals surface area (Å²) in [6, 6.07) is 11.7. The number of nitrogens with one attached hydrogen (secondary N) is 1. The van der Waals surface area contributed by atoms with Gasteiger partial charge in [0.15, 0.2) is 0 Å². The maximum absolute atomic E-state index is 5.33. The molecule has 0 aliphatic carbocycles. The molecule has 0 unspecified atom stereocenters. The van der Waals surface area contributed by atoms with Gasteiger partial charge in [-0.15, -0.1) is 0 Å². The number of aromatic nitrogens is 3. The van der Waals surface area contributed by atoms with Crippen LogP contribution in [0.5, 0.6) is 0 Å². The third-order valence-electron chi connectivity index (χ3n) is 3.01. The predicted molar refractivity (Wildman–Crippen MR) is 77.2 cm³/mol. The smallest absolute Gasteiger partial charge is 0.258 e. The maximum Gasteiger partial charge on any atom is 0.258 e. The highest BCUT2D eigenvalue weighted by molar-refractivity contribution is 5.70. The maximum atomic E-state index is 5.33. The average molecular weight is 266 g/mol. The molecule has 1 N–H and O–H groups in total. The highest BCUT2D eigenvalue weighted by Gasteiger charge is 2.13. The molecule has 0 radical (unpaired) electrons. The molecule has 0 saturated carbocycles. The van der Waals surface area contributed by atoms with Gasteiger partial charge in [-0.1, -0.05) is 22.9 Å². The molecule has 20 heavy (non-hydrogen) atoms. The Morgan fingerprint density at radius 1 is 1.10 bits per heavy atom. The first kappa shape index (κ1) is 12.3. The van der Waals surface area contributed by atoms with Crippen LogP contribution in [0.4, 0.5) is 5.82 Å². The number of aryl methyl sites for hydroxylation is 1. The second-order valence-electron chi connectivity index (χ2n) is 4.44. The van der Waals surface area contributed by atoms with Crippen molar-refractivity contribution in [2.24, 2.45) is 0 Å². The number of nitrogens with zero attached hydrogens (tertiary/aromatic N) is 3. The second kappa shape index (κ2) is 5.13. The van der Waals surface area contributed by atoms with Gasteiger partial charge in [-0.3, -0.25) is 0 Å². The van der Waals surface area contributed by atoms with Crippen LogP contribution in [0.2, 0.25) is 0 Å². The Morgan fingerprint density at radius 3 is 2.65 bits per heavy atom. The predicted octanol–water partition coefficient (Wildman–Crippen LogP) is 3.15. The number of anilines is 1. The molecule has 100 valence electrons. The Kier molecular flexibility index (Phi) is 3.16. The molecule has 0 amide bonds. The Bertz CT molecular complexity index is 719. The van der Waals surface area contributed by atoms with Crippen LogP contribution in [0, 0.1) is 6.92 Å². The number of pyridine rings is 1. The number of rotatable bonds is 3. The molecule has 5 heteroatoms. The van der Waals surface area contributed by atoms with E-state index < -0.39 is 0 Å². The molecule has 2 aromatic heterocycles. The minimum Gasteiger partial charge on any atom is -0.373 e. The topological polar surface area (TPSA) is 63.8 Å². The zero-order valence-electron chi connectivity index (χ0n) is 11.3. The summed E-state index contributed by atoms with van der Waals surface area (Å²) >= 11 is 0. The fourth-order valence-corrected chi connectivity index (χ4v) is 1.93. The van der Waals surface area contributed by atoms with Crippen LogP contribution < -0.4 is 5.32 Å². The van der Waals surface area contributed by atoms with E-state index in [0.29, 0.717) is 11.7 Å². The van der Waals surface area contributed by atoms with E-state index in [1.165, 1.54) is 5.56 Å². The van der Waals surface area contributed by atoms with Crippen LogP contribution in [0.25, 0.3) is 22.8 Å². The fourth-order valence-electron chi connectivity index (χ4n) is 1.93. The number of hydrogen-bond donors (Lipinski definition) is 1. The van der Waals surface area contributed by atoms with Gasteiger partial charge in [0.1, 0.15) is 5.82 Å². The van der Waals surface area contributed by atoms with E-state index in [2.05, 4.69) is 20.4 Å². The first-order chi connectivity index (χ1) is 9.78. The van der Waals surface area contributed by atoms with Crippen molar-refractivity contribution in [1.82, 2.24) is 15.1 Å². The lowest BCUT2D eigenvalue weighted by molar-refractivity contribution is 0.432. The first-order valence-electron chi connectivity index (χ1n) is 6.32. The molecule has 3 rings (SSSR count). The van der Waals surface area contributed by atoms with Crippen LogP contribution >= 0.6 is 0 Å². The summed E-state index contributed by atoms with van der Waals surface area (Å²) in [6.45, 7) is 2.04. The summed E-state index contributed by atoms with van der Waals surface area (Å²) < 4.78 is 5.33. The molecule has 0 aliphatic rings. The van der Waals surface area contributed by atoms with Crippen LogP contribution in [0.1, 0.15) is 5.56 Å². The summed E-state index contributed by atoms with van der Waals surface area (Å²) in [5, 5.41) is 7.05. The Balaban J connectivity index is 2.00. The molecular formula is C15H14N4O.